The molecule has 2 aliphatic heterocycles. The summed E-state index contributed by atoms with van der Waals surface area (Å²) < 4.78 is 31.5. The van der Waals surface area contributed by atoms with E-state index in [0.717, 1.165) is 58.0 Å². The Kier molecular flexibility index (Phi) is 9.38. The molecule has 0 aliphatic carbocycles. The number of sulfone groups is 1. The van der Waals surface area contributed by atoms with E-state index in [1.807, 2.05) is 12.1 Å². The molecular weight excluding hydrogens is 576 g/mol. The smallest absolute Gasteiger partial charge is 0.229 e. The van der Waals surface area contributed by atoms with Crippen LogP contribution < -0.4 is 20.3 Å². The fourth-order valence-electron chi connectivity index (χ4n) is 5.13. The van der Waals surface area contributed by atoms with Gasteiger partial charge in [-0.2, -0.15) is 4.98 Å². The molecule has 0 radical (unpaired) electrons. The summed E-state index contributed by atoms with van der Waals surface area (Å²) in [6.07, 6.45) is 1.47. The molecule has 2 saturated heterocycles. The lowest BCUT2D eigenvalue weighted by atomic mass is 10.2. The van der Waals surface area contributed by atoms with Crippen LogP contribution in [0.5, 0.6) is 5.75 Å². The van der Waals surface area contributed by atoms with Crippen molar-refractivity contribution in [3.05, 3.63) is 53.7 Å². The molecule has 5 rings (SSSR count). The third-order valence-electron chi connectivity index (χ3n) is 7.74. The van der Waals surface area contributed by atoms with Crippen LogP contribution in [0.4, 0.5) is 28.8 Å². The number of hydrogen-bond donors (Lipinski definition) is 2. The van der Waals surface area contributed by atoms with E-state index in [9.17, 15) is 8.42 Å². The molecule has 1 aromatic heterocycles. The van der Waals surface area contributed by atoms with Crippen LogP contribution >= 0.6 is 11.6 Å². The minimum atomic E-state index is -3.52. The highest BCUT2D eigenvalue weighted by molar-refractivity contribution is 7.92. The zero-order chi connectivity index (χ0) is 29.9. The molecule has 11 nitrogen and oxygen atoms in total. The van der Waals surface area contributed by atoms with Crippen molar-refractivity contribution < 1.29 is 13.2 Å². The van der Waals surface area contributed by atoms with Gasteiger partial charge in [0.1, 0.15) is 10.8 Å². The van der Waals surface area contributed by atoms with E-state index in [2.05, 4.69) is 53.5 Å². The zero-order valence-corrected chi connectivity index (χ0v) is 26.1. The van der Waals surface area contributed by atoms with E-state index in [0.29, 0.717) is 17.1 Å². The minimum absolute atomic E-state index is 0.186. The number of methoxy groups -OCH3 is 1. The van der Waals surface area contributed by atoms with Gasteiger partial charge in [-0.3, -0.25) is 0 Å². The van der Waals surface area contributed by atoms with E-state index < -0.39 is 15.1 Å². The Balaban J connectivity index is 1.28. The quantitative estimate of drug-likeness (QED) is 0.364. The number of rotatable bonds is 9. The summed E-state index contributed by atoms with van der Waals surface area (Å²) in [6.45, 7) is 11.5. The molecule has 0 saturated carbocycles. The predicted molar refractivity (Wildman–Crippen MR) is 168 cm³/mol. The van der Waals surface area contributed by atoms with Gasteiger partial charge in [0.15, 0.2) is 15.7 Å². The van der Waals surface area contributed by atoms with Crippen LogP contribution in [-0.4, -0.2) is 105 Å². The van der Waals surface area contributed by atoms with Crippen molar-refractivity contribution >= 4 is 50.3 Å². The molecule has 226 valence electrons. The second kappa shape index (κ2) is 13.0. The molecule has 13 heteroatoms. The molecule has 2 fully saturated rings. The number of piperazine rings is 2. The Morgan fingerprint density at radius 2 is 1.57 bits per heavy atom. The van der Waals surface area contributed by atoms with Gasteiger partial charge < -0.3 is 25.2 Å². The molecule has 0 bridgehead atoms. The van der Waals surface area contributed by atoms with Crippen LogP contribution in [0.15, 0.2) is 53.6 Å². The number of halogens is 1. The number of likely N-dealkylation sites (N-methyl/N-ethyl adjacent to an activating group) is 1. The van der Waals surface area contributed by atoms with Gasteiger partial charge in [-0.25, -0.2) is 23.4 Å². The molecule has 42 heavy (non-hydrogen) atoms. The van der Waals surface area contributed by atoms with Crippen LogP contribution in [0.25, 0.3) is 0 Å². The van der Waals surface area contributed by atoms with E-state index in [1.165, 1.54) is 6.20 Å². The number of hydrogen-bond acceptors (Lipinski definition) is 11. The van der Waals surface area contributed by atoms with Crippen molar-refractivity contribution in [2.75, 3.05) is 82.0 Å². The van der Waals surface area contributed by atoms with Crippen molar-refractivity contribution in [1.29, 1.82) is 0 Å². The third kappa shape index (κ3) is 6.73. The van der Waals surface area contributed by atoms with E-state index in [4.69, 9.17) is 16.3 Å². The number of nitrogens with one attached hydrogen (secondary N) is 2. The molecule has 2 N–H and O–H groups in total. The highest BCUT2D eigenvalue weighted by Gasteiger charge is 2.26. The summed E-state index contributed by atoms with van der Waals surface area (Å²) in [7, 11) is 0.291. The molecular formula is C29H39ClN8O3S. The third-order valence-corrected chi connectivity index (χ3v) is 10.2. The fraction of sp³-hybridized carbons (Fsp3) is 0.448. The second-order valence-electron chi connectivity index (χ2n) is 10.8. The molecule has 2 aliphatic rings. The van der Waals surface area contributed by atoms with E-state index >= 15 is 0 Å². The lowest BCUT2D eigenvalue weighted by Crippen LogP contribution is -2.58. The molecule has 0 unspecified atom stereocenters. The van der Waals surface area contributed by atoms with E-state index in [1.54, 1.807) is 45.2 Å². The Bertz CT molecular complexity index is 1490. The Morgan fingerprint density at radius 1 is 0.905 bits per heavy atom. The topological polar surface area (TPSA) is 106 Å². The van der Waals surface area contributed by atoms with Crippen LogP contribution in [0.1, 0.15) is 13.8 Å². The maximum atomic E-state index is 12.9. The Labute approximate surface area is 253 Å². The summed E-state index contributed by atoms with van der Waals surface area (Å²) in [5.41, 5.74) is 2.19. The average molecular weight is 615 g/mol. The maximum Gasteiger partial charge on any atom is 0.229 e. The largest absolute Gasteiger partial charge is 0.494 e. The maximum absolute atomic E-state index is 12.9. The second-order valence-corrected chi connectivity index (χ2v) is 13.7. The van der Waals surface area contributed by atoms with Gasteiger partial charge in [0.05, 0.1) is 34.8 Å². The van der Waals surface area contributed by atoms with Gasteiger partial charge in [0, 0.05) is 64.1 Å². The van der Waals surface area contributed by atoms with Crippen LogP contribution in [0, 0.1) is 0 Å². The van der Waals surface area contributed by atoms with Crippen molar-refractivity contribution in [3.8, 4) is 5.75 Å². The summed E-state index contributed by atoms with van der Waals surface area (Å²) in [4.78, 5) is 13.8. The normalized spacial score (nSPS) is 17.4. The molecule has 0 spiro atoms. The molecule has 3 aromatic rings. The average Bonchev–Trinajstić information content (AvgIpc) is 2.99. The molecule has 0 amide bonds. The predicted octanol–water partition coefficient (Wildman–Crippen LogP) is 4.09. The number of ether oxygens (including phenoxy) is 1. The van der Waals surface area contributed by atoms with Crippen LogP contribution in [-0.2, 0) is 9.84 Å². The van der Waals surface area contributed by atoms with Crippen LogP contribution in [0.3, 0.4) is 0 Å². The van der Waals surface area contributed by atoms with Crippen molar-refractivity contribution in [3.63, 3.8) is 0 Å². The van der Waals surface area contributed by atoms with Crippen molar-refractivity contribution in [1.82, 2.24) is 24.9 Å². The summed E-state index contributed by atoms with van der Waals surface area (Å²) in [6, 6.07) is 12.8. The molecule has 0 atom stereocenters. The summed E-state index contributed by atoms with van der Waals surface area (Å²) in [5.74, 6) is 1.24. The standard InChI is InChI=1S/C29H39ClN8O3S/c1-21(2)42(39,40)27-8-6-5-7-25(27)32-28-23(30)20-31-29(34-28)33-24-10-9-22(19-26(24)41-4)36-13-17-38(18-14-36)37-15-11-35(3)12-16-37/h5-10,19-21H,11-18H2,1-4H3,(H2,31,32,33,34). The van der Waals surface area contributed by atoms with Gasteiger partial charge >= 0.3 is 0 Å². The molecule has 3 heterocycles. The highest BCUT2D eigenvalue weighted by atomic mass is 35.5. The first kappa shape index (κ1) is 30.3. The SMILES string of the molecule is COc1cc(N2CCN(N3CCN(C)CC3)CC2)ccc1Nc1ncc(Cl)c(Nc2ccccc2S(=O)(=O)C(C)C)n1. The van der Waals surface area contributed by atoms with Gasteiger partial charge in [0.2, 0.25) is 5.95 Å². The van der Waals surface area contributed by atoms with Gasteiger partial charge in [-0.1, -0.05) is 23.7 Å². The van der Waals surface area contributed by atoms with Gasteiger partial charge in [-0.05, 0) is 45.2 Å². The highest BCUT2D eigenvalue weighted by Crippen LogP contribution is 2.34. The number of anilines is 5. The first-order chi connectivity index (χ1) is 20.2. The lowest BCUT2D eigenvalue weighted by molar-refractivity contribution is -0.0564. The minimum Gasteiger partial charge on any atom is -0.494 e. The van der Waals surface area contributed by atoms with Gasteiger partial charge in [0.25, 0.3) is 0 Å². The first-order valence-electron chi connectivity index (χ1n) is 14.2. The molecule has 2 aromatic carbocycles. The Morgan fingerprint density at radius 3 is 2.24 bits per heavy atom. The number of aromatic nitrogens is 2. The number of para-hydroxylation sites is 1. The zero-order valence-electron chi connectivity index (χ0n) is 24.5. The lowest BCUT2D eigenvalue weighted by Gasteiger charge is -2.44. The van der Waals surface area contributed by atoms with Crippen molar-refractivity contribution in [2.45, 2.75) is 24.0 Å². The van der Waals surface area contributed by atoms with Gasteiger partial charge in [-0.15, -0.1) is 0 Å². The first-order valence-corrected chi connectivity index (χ1v) is 16.1. The number of hydrazine groups is 1. The van der Waals surface area contributed by atoms with Crippen molar-refractivity contribution in [2.24, 2.45) is 0 Å². The fourth-order valence-corrected chi connectivity index (χ4v) is 6.47. The monoisotopic (exact) mass is 614 g/mol. The van der Waals surface area contributed by atoms with E-state index in [-0.39, 0.29) is 21.7 Å². The number of benzene rings is 2. The number of nitrogens with zero attached hydrogens (tertiary/aromatic N) is 6. The summed E-state index contributed by atoms with van der Waals surface area (Å²) >= 11 is 6.41. The van der Waals surface area contributed by atoms with Crippen LogP contribution in [0.2, 0.25) is 5.02 Å². The Hall–Kier alpha value is -3.16. The summed E-state index contributed by atoms with van der Waals surface area (Å²) in [5, 5.41) is 11.0.